The Labute approximate surface area is 199 Å². The van der Waals surface area contributed by atoms with Gasteiger partial charge in [0.15, 0.2) is 5.82 Å². The second-order valence-electron chi connectivity index (χ2n) is 8.09. The summed E-state index contributed by atoms with van der Waals surface area (Å²) in [4.78, 5) is 4.84. The quantitative estimate of drug-likeness (QED) is 0.387. The van der Waals surface area contributed by atoms with Gasteiger partial charge in [0.2, 0.25) is 4.77 Å². The van der Waals surface area contributed by atoms with Gasteiger partial charge in [0, 0.05) is 43.1 Å². The molecule has 2 heterocycles. The SMILES string of the molecule is COc1ccc(-c2nn(CN3CCN(c4ccccc4)CC3)c(=S)n2-c2ccccc2)cc1. The van der Waals surface area contributed by atoms with Crippen molar-refractivity contribution in [3.05, 3.63) is 89.7 Å². The Morgan fingerprint density at radius 3 is 2.00 bits per heavy atom. The molecule has 0 atom stereocenters. The van der Waals surface area contributed by atoms with Gasteiger partial charge in [-0.05, 0) is 60.7 Å². The summed E-state index contributed by atoms with van der Waals surface area (Å²) in [6.45, 7) is 4.58. The highest BCUT2D eigenvalue weighted by Gasteiger charge is 2.20. The van der Waals surface area contributed by atoms with Crippen molar-refractivity contribution in [2.24, 2.45) is 0 Å². The Morgan fingerprint density at radius 2 is 1.39 bits per heavy atom. The third kappa shape index (κ3) is 4.55. The second kappa shape index (κ2) is 9.60. The first-order chi connectivity index (χ1) is 16.2. The lowest BCUT2D eigenvalue weighted by Gasteiger charge is -2.35. The maximum absolute atomic E-state index is 5.91. The van der Waals surface area contributed by atoms with E-state index < -0.39 is 0 Å². The van der Waals surface area contributed by atoms with Crippen molar-refractivity contribution in [1.82, 2.24) is 19.2 Å². The van der Waals surface area contributed by atoms with Crippen LogP contribution in [0.15, 0.2) is 84.9 Å². The highest BCUT2D eigenvalue weighted by Crippen LogP contribution is 2.25. The fourth-order valence-corrected chi connectivity index (χ4v) is 4.50. The van der Waals surface area contributed by atoms with E-state index in [1.54, 1.807) is 7.11 Å². The summed E-state index contributed by atoms with van der Waals surface area (Å²) in [5.41, 5.74) is 3.29. The number of ether oxygens (including phenoxy) is 1. The number of anilines is 1. The Kier molecular flexibility index (Phi) is 6.24. The third-order valence-electron chi connectivity index (χ3n) is 6.03. The molecule has 4 aromatic rings. The van der Waals surface area contributed by atoms with Crippen LogP contribution in [0.2, 0.25) is 0 Å². The van der Waals surface area contributed by atoms with Gasteiger partial charge in [-0.15, -0.1) is 5.10 Å². The van der Waals surface area contributed by atoms with E-state index in [9.17, 15) is 0 Å². The second-order valence-corrected chi connectivity index (χ2v) is 8.45. The fourth-order valence-electron chi connectivity index (χ4n) is 4.21. The number of benzene rings is 3. The fraction of sp³-hybridized carbons (Fsp3) is 0.231. The van der Waals surface area contributed by atoms with Gasteiger partial charge in [0.05, 0.1) is 13.8 Å². The van der Waals surface area contributed by atoms with E-state index in [4.69, 9.17) is 22.1 Å². The van der Waals surface area contributed by atoms with Crippen LogP contribution in [0, 0.1) is 4.77 Å². The topological polar surface area (TPSA) is 38.5 Å². The molecule has 0 amide bonds. The van der Waals surface area contributed by atoms with Crippen molar-refractivity contribution in [2.75, 3.05) is 38.2 Å². The Bertz CT molecular complexity index is 1240. The van der Waals surface area contributed by atoms with Gasteiger partial charge in [0.1, 0.15) is 5.75 Å². The van der Waals surface area contributed by atoms with Crippen molar-refractivity contribution in [3.63, 3.8) is 0 Å². The summed E-state index contributed by atoms with van der Waals surface area (Å²) >= 11 is 5.91. The molecule has 1 fully saturated rings. The lowest BCUT2D eigenvalue weighted by molar-refractivity contribution is 0.194. The monoisotopic (exact) mass is 457 g/mol. The van der Waals surface area contributed by atoms with Gasteiger partial charge >= 0.3 is 0 Å². The molecule has 6 nitrogen and oxygen atoms in total. The number of methoxy groups -OCH3 is 1. The highest BCUT2D eigenvalue weighted by molar-refractivity contribution is 7.71. The molecule has 1 aliphatic heterocycles. The first-order valence-electron chi connectivity index (χ1n) is 11.1. The number of nitrogens with zero attached hydrogens (tertiary/aromatic N) is 5. The molecular formula is C26H27N5OS. The summed E-state index contributed by atoms with van der Waals surface area (Å²) < 4.78 is 10.0. The minimum atomic E-state index is 0.671. The first kappa shape index (κ1) is 21.4. The minimum Gasteiger partial charge on any atom is -0.497 e. The molecule has 7 heteroatoms. The van der Waals surface area contributed by atoms with E-state index in [0.717, 1.165) is 49.0 Å². The van der Waals surface area contributed by atoms with Gasteiger partial charge < -0.3 is 9.64 Å². The van der Waals surface area contributed by atoms with Crippen molar-refractivity contribution in [3.8, 4) is 22.8 Å². The van der Waals surface area contributed by atoms with E-state index >= 15 is 0 Å². The van der Waals surface area contributed by atoms with Crippen molar-refractivity contribution < 1.29 is 4.74 Å². The van der Waals surface area contributed by atoms with E-state index in [1.165, 1.54) is 5.69 Å². The molecule has 0 spiro atoms. The Hall–Kier alpha value is -3.42. The van der Waals surface area contributed by atoms with Gasteiger partial charge in [-0.1, -0.05) is 36.4 Å². The molecule has 0 aliphatic carbocycles. The van der Waals surface area contributed by atoms with Gasteiger partial charge in [-0.25, -0.2) is 4.68 Å². The number of hydrogen-bond acceptors (Lipinski definition) is 5. The predicted molar refractivity (Wildman–Crippen MR) is 135 cm³/mol. The van der Waals surface area contributed by atoms with E-state index in [-0.39, 0.29) is 0 Å². The molecule has 0 saturated carbocycles. The minimum absolute atomic E-state index is 0.671. The molecule has 5 rings (SSSR count). The average molecular weight is 458 g/mol. The molecule has 0 radical (unpaired) electrons. The molecule has 33 heavy (non-hydrogen) atoms. The molecule has 1 aromatic heterocycles. The lowest BCUT2D eigenvalue weighted by atomic mass is 10.2. The predicted octanol–water partition coefficient (Wildman–Crippen LogP) is 4.86. The maximum atomic E-state index is 5.91. The molecular weight excluding hydrogens is 430 g/mol. The smallest absolute Gasteiger partial charge is 0.204 e. The summed E-state index contributed by atoms with van der Waals surface area (Å²) in [7, 11) is 1.67. The zero-order chi connectivity index (χ0) is 22.6. The van der Waals surface area contributed by atoms with Crippen LogP contribution in [-0.4, -0.2) is 52.5 Å². The summed E-state index contributed by atoms with van der Waals surface area (Å²) in [6, 6.07) is 28.7. The standard InChI is InChI=1S/C26H27N5OS/c1-32-24-14-12-21(13-15-24)25-27-30(26(33)31(25)23-10-6-3-7-11-23)20-28-16-18-29(19-17-28)22-8-4-2-5-9-22/h2-15H,16-20H2,1H3. The molecule has 168 valence electrons. The molecule has 0 bridgehead atoms. The molecule has 3 aromatic carbocycles. The first-order valence-corrected chi connectivity index (χ1v) is 11.6. The largest absolute Gasteiger partial charge is 0.497 e. The summed E-state index contributed by atoms with van der Waals surface area (Å²) in [5, 5.41) is 4.96. The van der Waals surface area contributed by atoms with Crippen LogP contribution in [0.4, 0.5) is 5.69 Å². The lowest BCUT2D eigenvalue weighted by Crippen LogP contribution is -2.47. The van der Waals surface area contributed by atoms with E-state index in [1.807, 2.05) is 47.1 Å². The van der Waals surface area contributed by atoms with E-state index in [0.29, 0.717) is 11.4 Å². The van der Waals surface area contributed by atoms with Gasteiger partial charge in [0.25, 0.3) is 0 Å². The van der Waals surface area contributed by atoms with Crippen LogP contribution in [0.3, 0.4) is 0 Å². The van der Waals surface area contributed by atoms with Crippen LogP contribution in [0.1, 0.15) is 0 Å². The average Bonchev–Trinajstić information content (AvgIpc) is 3.21. The maximum Gasteiger partial charge on any atom is 0.204 e. The Balaban J connectivity index is 1.41. The zero-order valence-electron chi connectivity index (χ0n) is 18.7. The molecule has 0 unspecified atom stereocenters. The number of aromatic nitrogens is 3. The van der Waals surface area contributed by atoms with Gasteiger partial charge in [-0.2, -0.15) is 0 Å². The van der Waals surface area contributed by atoms with Crippen LogP contribution >= 0.6 is 12.2 Å². The number of para-hydroxylation sites is 2. The zero-order valence-corrected chi connectivity index (χ0v) is 19.5. The van der Waals surface area contributed by atoms with Crippen LogP contribution in [0.25, 0.3) is 17.1 Å². The van der Waals surface area contributed by atoms with Crippen LogP contribution < -0.4 is 9.64 Å². The molecule has 0 N–H and O–H groups in total. The Morgan fingerprint density at radius 1 is 0.788 bits per heavy atom. The highest BCUT2D eigenvalue weighted by atomic mass is 32.1. The van der Waals surface area contributed by atoms with Crippen molar-refractivity contribution in [2.45, 2.75) is 6.67 Å². The number of piperazine rings is 1. The van der Waals surface area contributed by atoms with Crippen molar-refractivity contribution in [1.29, 1.82) is 0 Å². The van der Waals surface area contributed by atoms with Crippen LogP contribution in [0.5, 0.6) is 5.75 Å². The normalized spacial score (nSPS) is 14.4. The van der Waals surface area contributed by atoms with Crippen LogP contribution in [-0.2, 0) is 6.67 Å². The number of hydrogen-bond donors (Lipinski definition) is 0. The van der Waals surface area contributed by atoms with Gasteiger partial charge in [-0.3, -0.25) is 9.47 Å². The van der Waals surface area contributed by atoms with Crippen molar-refractivity contribution >= 4 is 17.9 Å². The van der Waals surface area contributed by atoms with E-state index in [2.05, 4.69) is 56.8 Å². The molecule has 1 aliphatic rings. The number of rotatable bonds is 6. The molecule has 1 saturated heterocycles. The third-order valence-corrected chi connectivity index (χ3v) is 6.42. The summed E-state index contributed by atoms with van der Waals surface area (Å²) in [5.74, 6) is 1.65. The summed E-state index contributed by atoms with van der Waals surface area (Å²) in [6.07, 6.45) is 0.